The average Bonchev–Trinajstić information content (AvgIpc) is 3.14. The molecule has 0 aliphatic carbocycles. The first-order valence-electron chi connectivity index (χ1n) is 7.96. The molecule has 0 unspecified atom stereocenters. The van der Waals surface area contributed by atoms with Crippen molar-refractivity contribution in [1.82, 2.24) is 25.5 Å². The zero-order valence-electron chi connectivity index (χ0n) is 14.8. The van der Waals surface area contributed by atoms with Gasteiger partial charge in [0.25, 0.3) is 5.91 Å². The second kappa shape index (κ2) is 7.64. The lowest BCUT2D eigenvalue weighted by Crippen LogP contribution is -2.24. The fourth-order valence-electron chi connectivity index (χ4n) is 2.40. The molecule has 26 heavy (non-hydrogen) atoms. The third-order valence-electron chi connectivity index (χ3n) is 3.83. The quantitative estimate of drug-likeness (QED) is 0.728. The van der Waals surface area contributed by atoms with E-state index in [4.69, 9.17) is 9.47 Å². The monoisotopic (exact) mass is 353 g/mol. The van der Waals surface area contributed by atoms with E-state index < -0.39 is 0 Å². The van der Waals surface area contributed by atoms with Gasteiger partial charge in [-0.1, -0.05) is 17.7 Å². The van der Waals surface area contributed by atoms with Crippen LogP contribution in [0.1, 0.15) is 21.7 Å². The molecule has 1 N–H and O–H groups in total. The number of tetrazole rings is 1. The molecule has 1 aromatic heterocycles. The summed E-state index contributed by atoms with van der Waals surface area (Å²) < 4.78 is 12.0. The predicted molar refractivity (Wildman–Crippen MR) is 94.6 cm³/mol. The van der Waals surface area contributed by atoms with Gasteiger partial charge in [-0.2, -0.15) is 4.68 Å². The third-order valence-corrected chi connectivity index (χ3v) is 3.83. The number of ether oxygens (including phenoxy) is 2. The molecular weight excluding hydrogens is 334 g/mol. The lowest BCUT2D eigenvalue weighted by molar-refractivity contribution is 0.0949. The highest BCUT2D eigenvalue weighted by Crippen LogP contribution is 2.22. The van der Waals surface area contributed by atoms with Crippen molar-refractivity contribution in [2.24, 2.45) is 0 Å². The van der Waals surface area contributed by atoms with Crippen LogP contribution in [0, 0.1) is 6.92 Å². The van der Waals surface area contributed by atoms with Gasteiger partial charge in [-0.25, -0.2) is 0 Å². The van der Waals surface area contributed by atoms with Crippen LogP contribution in [0.15, 0.2) is 42.5 Å². The Labute approximate surface area is 150 Å². The van der Waals surface area contributed by atoms with E-state index >= 15 is 0 Å². The SMILES string of the molecule is COc1cc(OC)cc(C(=O)NCc2nnnn2-c2ccc(C)cc2)c1. The third kappa shape index (κ3) is 3.80. The van der Waals surface area contributed by atoms with Gasteiger partial charge in [0, 0.05) is 11.6 Å². The lowest BCUT2D eigenvalue weighted by atomic mass is 10.2. The summed E-state index contributed by atoms with van der Waals surface area (Å²) in [5.74, 6) is 1.33. The molecule has 2 aromatic carbocycles. The Bertz CT molecular complexity index is 883. The van der Waals surface area contributed by atoms with Gasteiger partial charge in [0.1, 0.15) is 11.5 Å². The van der Waals surface area contributed by atoms with E-state index in [0.29, 0.717) is 22.9 Å². The fourth-order valence-corrected chi connectivity index (χ4v) is 2.40. The molecule has 3 rings (SSSR count). The minimum Gasteiger partial charge on any atom is -0.497 e. The number of nitrogens with zero attached hydrogens (tertiary/aromatic N) is 4. The molecule has 8 nitrogen and oxygen atoms in total. The summed E-state index contributed by atoms with van der Waals surface area (Å²) in [5.41, 5.74) is 2.40. The summed E-state index contributed by atoms with van der Waals surface area (Å²) in [6.07, 6.45) is 0. The predicted octanol–water partition coefficient (Wildman–Crippen LogP) is 1.92. The number of amides is 1. The van der Waals surface area contributed by atoms with Gasteiger partial charge >= 0.3 is 0 Å². The fraction of sp³-hybridized carbons (Fsp3) is 0.222. The van der Waals surface area contributed by atoms with E-state index in [2.05, 4.69) is 20.8 Å². The summed E-state index contributed by atoms with van der Waals surface area (Å²) in [7, 11) is 3.07. The van der Waals surface area contributed by atoms with Crippen molar-refractivity contribution in [3.63, 3.8) is 0 Å². The van der Waals surface area contributed by atoms with Gasteiger partial charge < -0.3 is 14.8 Å². The molecule has 0 aliphatic rings. The zero-order valence-corrected chi connectivity index (χ0v) is 14.8. The maximum atomic E-state index is 12.5. The van der Waals surface area contributed by atoms with E-state index in [-0.39, 0.29) is 12.5 Å². The molecule has 0 saturated heterocycles. The van der Waals surface area contributed by atoms with Crippen LogP contribution < -0.4 is 14.8 Å². The summed E-state index contributed by atoms with van der Waals surface area (Å²) in [6, 6.07) is 12.8. The highest BCUT2D eigenvalue weighted by atomic mass is 16.5. The van der Waals surface area contributed by atoms with Crippen LogP contribution in [-0.2, 0) is 6.54 Å². The zero-order chi connectivity index (χ0) is 18.5. The molecule has 3 aromatic rings. The number of benzene rings is 2. The highest BCUT2D eigenvalue weighted by molar-refractivity contribution is 5.95. The summed E-state index contributed by atoms with van der Waals surface area (Å²) in [4.78, 5) is 12.5. The van der Waals surface area contributed by atoms with Crippen molar-refractivity contribution in [3.05, 3.63) is 59.4 Å². The van der Waals surface area contributed by atoms with Crippen LogP contribution >= 0.6 is 0 Å². The number of rotatable bonds is 6. The Hall–Kier alpha value is -3.42. The normalized spacial score (nSPS) is 10.4. The molecular formula is C18H19N5O3. The molecule has 0 aliphatic heterocycles. The minimum atomic E-state index is -0.277. The van der Waals surface area contributed by atoms with Crippen LogP contribution in [0.3, 0.4) is 0 Å². The molecule has 0 bridgehead atoms. The largest absolute Gasteiger partial charge is 0.497 e. The molecule has 1 amide bonds. The number of methoxy groups -OCH3 is 2. The number of aryl methyl sites for hydroxylation is 1. The maximum absolute atomic E-state index is 12.5. The van der Waals surface area contributed by atoms with Gasteiger partial charge in [0.15, 0.2) is 5.82 Å². The highest BCUT2D eigenvalue weighted by Gasteiger charge is 2.13. The number of nitrogens with one attached hydrogen (secondary N) is 1. The van der Waals surface area contributed by atoms with Crippen molar-refractivity contribution in [1.29, 1.82) is 0 Å². The number of hydrogen-bond donors (Lipinski definition) is 1. The number of hydrogen-bond acceptors (Lipinski definition) is 6. The molecule has 0 fully saturated rings. The lowest BCUT2D eigenvalue weighted by Gasteiger charge is -2.09. The Morgan fingerprint density at radius 3 is 2.35 bits per heavy atom. The van der Waals surface area contributed by atoms with Gasteiger partial charge in [0.05, 0.1) is 26.5 Å². The van der Waals surface area contributed by atoms with E-state index in [1.165, 1.54) is 14.2 Å². The summed E-state index contributed by atoms with van der Waals surface area (Å²) in [5, 5.41) is 14.5. The van der Waals surface area contributed by atoms with Crippen molar-refractivity contribution >= 4 is 5.91 Å². The van der Waals surface area contributed by atoms with Crippen molar-refractivity contribution in [3.8, 4) is 17.2 Å². The second-order valence-electron chi connectivity index (χ2n) is 5.63. The van der Waals surface area contributed by atoms with Gasteiger partial charge in [-0.05, 0) is 41.6 Å². The Morgan fingerprint density at radius 1 is 1.08 bits per heavy atom. The average molecular weight is 353 g/mol. The minimum absolute atomic E-state index is 0.180. The number of carbonyl (C=O) groups is 1. The molecule has 134 valence electrons. The van der Waals surface area contributed by atoms with Crippen LogP contribution in [0.25, 0.3) is 5.69 Å². The Balaban J connectivity index is 1.75. The van der Waals surface area contributed by atoms with E-state index in [1.807, 2.05) is 31.2 Å². The van der Waals surface area contributed by atoms with Crippen LogP contribution in [-0.4, -0.2) is 40.3 Å². The Morgan fingerprint density at radius 2 is 1.73 bits per heavy atom. The molecule has 0 radical (unpaired) electrons. The van der Waals surface area contributed by atoms with Crippen molar-refractivity contribution < 1.29 is 14.3 Å². The van der Waals surface area contributed by atoms with Gasteiger partial charge in [-0.3, -0.25) is 4.79 Å². The van der Waals surface area contributed by atoms with E-state index in [9.17, 15) is 4.79 Å². The topological polar surface area (TPSA) is 91.2 Å². The van der Waals surface area contributed by atoms with Crippen molar-refractivity contribution in [2.75, 3.05) is 14.2 Å². The van der Waals surface area contributed by atoms with Crippen molar-refractivity contribution in [2.45, 2.75) is 13.5 Å². The van der Waals surface area contributed by atoms with Crippen LogP contribution in [0.4, 0.5) is 0 Å². The number of aromatic nitrogens is 4. The van der Waals surface area contributed by atoms with Gasteiger partial charge in [0.2, 0.25) is 0 Å². The summed E-state index contributed by atoms with van der Waals surface area (Å²) in [6.45, 7) is 2.19. The standard InChI is InChI=1S/C18H19N5O3/c1-12-4-6-14(7-5-12)23-17(20-21-22-23)11-19-18(24)13-8-15(25-2)10-16(9-13)26-3/h4-10H,11H2,1-3H3,(H,19,24). The number of carbonyl (C=O) groups excluding carboxylic acids is 1. The Kier molecular flexibility index (Phi) is 5.12. The van der Waals surface area contributed by atoms with E-state index in [1.54, 1.807) is 22.9 Å². The first kappa shape index (κ1) is 17.4. The smallest absolute Gasteiger partial charge is 0.251 e. The van der Waals surface area contributed by atoms with Crippen LogP contribution in [0.2, 0.25) is 0 Å². The molecule has 0 spiro atoms. The summed E-state index contributed by atoms with van der Waals surface area (Å²) >= 11 is 0. The second-order valence-corrected chi connectivity index (χ2v) is 5.63. The molecule has 8 heteroatoms. The first-order valence-corrected chi connectivity index (χ1v) is 7.96. The van der Waals surface area contributed by atoms with Gasteiger partial charge in [-0.15, -0.1) is 5.10 Å². The molecule has 1 heterocycles. The molecule has 0 saturated carbocycles. The van der Waals surface area contributed by atoms with E-state index in [0.717, 1.165) is 11.3 Å². The van der Waals surface area contributed by atoms with Crippen LogP contribution in [0.5, 0.6) is 11.5 Å². The first-order chi connectivity index (χ1) is 12.6. The maximum Gasteiger partial charge on any atom is 0.251 e. The molecule has 0 atom stereocenters.